The Balaban J connectivity index is 1.24. The molecule has 3 heterocycles. The number of urea groups is 1. The molecule has 3 atom stereocenters. The molecule has 1 aromatic heterocycles. The number of methoxy groups -OCH3 is 1. The number of rotatable bonds is 8. The molecule has 10 nitrogen and oxygen atoms in total. The Morgan fingerprint density at radius 2 is 2.09 bits per heavy atom. The van der Waals surface area contributed by atoms with Crippen LogP contribution >= 0.6 is 0 Å². The highest BCUT2D eigenvalue weighted by molar-refractivity contribution is 5.90. The van der Waals surface area contributed by atoms with Gasteiger partial charge in [-0.1, -0.05) is 17.3 Å². The number of anilines is 1. The fourth-order valence-corrected chi connectivity index (χ4v) is 4.13. The average molecular weight is 461 g/mol. The minimum atomic E-state index is -0.637. The number of nitrogens with one attached hydrogen (secondary N) is 2. The predicted molar refractivity (Wildman–Crippen MR) is 120 cm³/mol. The lowest BCUT2D eigenvalue weighted by Crippen LogP contribution is -2.47. The zero-order valence-corrected chi connectivity index (χ0v) is 18.9. The molecule has 3 N–H and O–H groups in total. The van der Waals surface area contributed by atoms with E-state index in [1.165, 1.54) is 0 Å². The molecule has 2 amide bonds. The van der Waals surface area contributed by atoms with Crippen LogP contribution in [0.5, 0.6) is 5.75 Å². The molecule has 1 aromatic carbocycles. The molecule has 180 valence electrons. The molecule has 0 aliphatic carbocycles. The molecule has 4 rings (SSSR count). The second kappa shape index (κ2) is 11.5. The second-order valence-electron chi connectivity index (χ2n) is 8.35. The van der Waals surface area contributed by atoms with E-state index in [2.05, 4.69) is 20.7 Å². The average Bonchev–Trinajstić information content (AvgIpc) is 3.27. The maximum absolute atomic E-state index is 12.3. The fraction of sp³-hybridized carbons (Fsp3) is 0.565. The van der Waals surface area contributed by atoms with E-state index < -0.39 is 12.2 Å². The highest BCUT2D eigenvalue weighted by Gasteiger charge is 2.31. The van der Waals surface area contributed by atoms with E-state index in [9.17, 15) is 9.90 Å². The van der Waals surface area contributed by atoms with Crippen LogP contribution in [0.4, 0.5) is 10.5 Å². The Labute approximate surface area is 193 Å². The van der Waals surface area contributed by atoms with Crippen molar-refractivity contribution in [3.05, 3.63) is 41.8 Å². The first kappa shape index (κ1) is 23.5. The molecular weight excluding hydrogens is 428 g/mol. The summed E-state index contributed by atoms with van der Waals surface area (Å²) in [7, 11) is 1.55. The molecule has 2 aliphatic rings. The number of amides is 2. The standard InChI is InChI=1S/C23H32N4O6/c1-30-21-5-3-2-4-19(21)25-23(29)24-14-22-20(28)7-6-17(32-22)12-16-13-18(33-26-16)15-27-8-10-31-11-9-27/h2-5,13,17,20,22,28H,6-12,14-15H2,1H3,(H2,24,25,29)/t17-,20-,22+/m0/s1. The van der Waals surface area contributed by atoms with Crippen LogP contribution in [0, 0.1) is 0 Å². The first-order valence-corrected chi connectivity index (χ1v) is 11.4. The topological polar surface area (TPSA) is 118 Å². The molecular formula is C23H32N4O6. The third kappa shape index (κ3) is 6.67. The summed E-state index contributed by atoms with van der Waals surface area (Å²) >= 11 is 0. The fourth-order valence-electron chi connectivity index (χ4n) is 4.13. The largest absolute Gasteiger partial charge is 0.495 e. The number of carbonyl (C=O) groups excluding carboxylic acids is 1. The molecule has 2 aliphatic heterocycles. The third-order valence-electron chi connectivity index (χ3n) is 5.93. The summed E-state index contributed by atoms with van der Waals surface area (Å²) < 4.78 is 22.2. The molecule has 0 bridgehead atoms. The summed E-state index contributed by atoms with van der Waals surface area (Å²) in [6.45, 7) is 4.17. The maximum Gasteiger partial charge on any atom is 0.319 e. The highest BCUT2D eigenvalue weighted by Crippen LogP contribution is 2.24. The quantitative estimate of drug-likeness (QED) is 0.546. The minimum absolute atomic E-state index is 0.0983. The maximum atomic E-state index is 12.3. The van der Waals surface area contributed by atoms with E-state index in [4.69, 9.17) is 18.7 Å². The number of hydrogen-bond donors (Lipinski definition) is 3. The molecule has 2 fully saturated rings. The van der Waals surface area contributed by atoms with Crippen LogP contribution in [0.15, 0.2) is 34.9 Å². The number of nitrogens with zero attached hydrogens (tertiary/aromatic N) is 2. The van der Waals surface area contributed by atoms with Gasteiger partial charge in [0.2, 0.25) is 0 Å². The summed E-state index contributed by atoms with van der Waals surface area (Å²) in [5, 5.41) is 20.1. The van der Waals surface area contributed by atoms with E-state index in [1.807, 2.05) is 18.2 Å². The summed E-state index contributed by atoms with van der Waals surface area (Å²) in [4.78, 5) is 14.6. The van der Waals surface area contributed by atoms with Gasteiger partial charge in [-0.15, -0.1) is 0 Å². The van der Waals surface area contributed by atoms with Gasteiger partial charge in [-0.25, -0.2) is 4.79 Å². The van der Waals surface area contributed by atoms with Crippen molar-refractivity contribution < 1.29 is 28.6 Å². The normalized spacial score (nSPS) is 23.8. The van der Waals surface area contributed by atoms with E-state index in [-0.39, 0.29) is 18.7 Å². The predicted octanol–water partition coefficient (Wildman–Crippen LogP) is 1.79. The zero-order chi connectivity index (χ0) is 23.0. The Morgan fingerprint density at radius 1 is 1.27 bits per heavy atom. The van der Waals surface area contributed by atoms with Crippen LogP contribution < -0.4 is 15.4 Å². The Morgan fingerprint density at radius 3 is 2.91 bits per heavy atom. The lowest BCUT2D eigenvalue weighted by molar-refractivity contribution is -0.113. The first-order valence-electron chi connectivity index (χ1n) is 11.4. The van der Waals surface area contributed by atoms with Gasteiger partial charge in [-0.05, 0) is 25.0 Å². The Kier molecular flexibility index (Phi) is 8.16. The number of benzene rings is 1. The van der Waals surface area contributed by atoms with Crippen molar-refractivity contribution in [2.75, 3.05) is 45.3 Å². The number of para-hydroxylation sites is 2. The molecule has 2 saturated heterocycles. The SMILES string of the molecule is COc1ccccc1NC(=O)NC[C@H]1O[C@H](Cc2cc(CN3CCOCC3)on2)CC[C@@H]1O. The lowest BCUT2D eigenvalue weighted by atomic mass is 9.98. The molecule has 0 radical (unpaired) electrons. The van der Waals surface area contributed by atoms with Crippen molar-refractivity contribution in [2.45, 2.75) is 44.1 Å². The number of carbonyl (C=O) groups is 1. The number of morpholine rings is 1. The Bertz CT molecular complexity index is 901. The van der Waals surface area contributed by atoms with Gasteiger partial charge in [-0.2, -0.15) is 0 Å². The monoisotopic (exact) mass is 460 g/mol. The van der Waals surface area contributed by atoms with Gasteiger partial charge in [0.1, 0.15) is 11.9 Å². The van der Waals surface area contributed by atoms with E-state index in [1.54, 1.807) is 19.2 Å². The van der Waals surface area contributed by atoms with Crippen molar-refractivity contribution in [1.82, 2.24) is 15.4 Å². The summed E-state index contributed by atoms with van der Waals surface area (Å²) in [6, 6.07) is 8.75. The number of hydrogen-bond acceptors (Lipinski definition) is 8. The highest BCUT2D eigenvalue weighted by atomic mass is 16.5. The molecule has 0 spiro atoms. The minimum Gasteiger partial charge on any atom is -0.495 e. The van der Waals surface area contributed by atoms with Crippen LogP contribution in [-0.4, -0.2) is 79.5 Å². The summed E-state index contributed by atoms with van der Waals surface area (Å²) in [6.07, 6.45) is 0.691. The van der Waals surface area contributed by atoms with Crippen molar-refractivity contribution in [2.24, 2.45) is 0 Å². The second-order valence-corrected chi connectivity index (χ2v) is 8.35. The van der Waals surface area contributed by atoms with Gasteiger partial charge in [0, 0.05) is 32.1 Å². The molecule has 2 aromatic rings. The van der Waals surface area contributed by atoms with Gasteiger partial charge in [-0.3, -0.25) is 4.90 Å². The summed E-state index contributed by atoms with van der Waals surface area (Å²) in [5.74, 6) is 1.40. The van der Waals surface area contributed by atoms with Crippen molar-refractivity contribution in [1.29, 1.82) is 0 Å². The van der Waals surface area contributed by atoms with Crippen LogP contribution in [0.25, 0.3) is 0 Å². The van der Waals surface area contributed by atoms with E-state index in [0.717, 1.165) is 44.2 Å². The smallest absolute Gasteiger partial charge is 0.319 e. The molecule has 10 heteroatoms. The molecule has 0 saturated carbocycles. The molecule has 0 unspecified atom stereocenters. The van der Waals surface area contributed by atoms with Gasteiger partial charge in [0.25, 0.3) is 0 Å². The van der Waals surface area contributed by atoms with Crippen LogP contribution in [0.1, 0.15) is 24.3 Å². The Hall–Kier alpha value is -2.66. The van der Waals surface area contributed by atoms with Gasteiger partial charge < -0.3 is 34.5 Å². The van der Waals surface area contributed by atoms with Crippen LogP contribution in [-0.2, 0) is 22.4 Å². The van der Waals surface area contributed by atoms with Crippen molar-refractivity contribution in [3.8, 4) is 5.75 Å². The van der Waals surface area contributed by atoms with Gasteiger partial charge in [0.15, 0.2) is 5.76 Å². The van der Waals surface area contributed by atoms with Crippen LogP contribution in [0.3, 0.4) is 0 Å². The van der Waals surface area contributed by atoms with Crippen LogP contribution in [0.2, 0.25) is 0 Å². The number of aromatic nitrogens is 1. The lowest BCUT2D eigenvalue weighted by Gasteiger charge is -2.33. The number of ether oxygens (including phenoxy) is 3. The van der Waals surface area contributed by atoms with E-state index in [0.29, 0.717) is 30.8 Å². The van der Waals surface area contributed by atoms with Crippen molar-refractivity contribution >= 4 is 11.7 Å². The first-order chi connectivity index (χ1) is 16.1. The third-order valence-corrected chi connectivity index (χ3v) is 5.93. The van der Waals surface area contributed by atoms with Crippen molar-refractivity contribution in [3.63, 3.8) is 0 Å². The number of aliphatic hydroxyl groups is 1. The van der Waals surface area contributed by atoms with E-state index >= 15 is 0 Å². The summed E-state index contributed by atoms with van der Waals surface area (Å²) in [5.41, 5.74) is 1.40. The van der Waals surface area contributed by atoms with Gasteiger partial charge in [0.05, 0.1) is 50.5 Å². The zero-order valence-electron chi connectivity index (χ0n) is 18.9. The van der Waals surface area contributed by atoms with Gasteiger partial charge >= 0.3 is 6.03 Å². The number of aliphatic hydroxyl groups excluding tert-OH is 1. The molecule has 33 heavy (non-hydrogen) atoms.